The Labute approximate surface area is 126 Å². The van der Waals surface area contributed by atoms with Crippen molar-refractivity contribution in [1.29, 1.82) is 0 Å². The highest BCUT2D eigenvalue weighted by molar-refractivity contribution is 5.79. The Morgan fingerprint density at radius 1 is 1.14 bits per heavy atom. The second-order valence-corrected chi connectivity index (χ2v) is 5.98. The van der Waals surface area contributed by atoms with E-state index in [1.807, 2.05) is 30.3 Å². The molecule has 2 aliphatic heterocycles. The molecule has 1 unspecified atom stereocenters. The molecule has 2 aliphatic rings. The van der Waals surface area contributed by atoms with Gasteiger partial charge in [0.25, 0.3) is 0 Å². The van der Waals surface area contributed by atoms with Crippen LogP contribution < -0.4 is 4.74 Å². The summed E-state index contributed by atoms with van der Waals surface area (Å²) in [6, 6.07) is 9.90. The van der Waals surface area contributed by atoms with Gasteiger partial charge in [0.2, 0.25) is 5.91 Å². The fourth-order valence-corrected chi connectivity index (χ4v) is 3.24. The molecule has 0 N–H and O–H groups in total. The second-order valence-electron chi connectivity index (χ2n) is 5.98. The van der Waals surface area contributed by atoms with E-state index in [9.17, 15) is 4.79 Å². The molecule has 3 rings (SSSR count). The van der Waals surface area contributed by atoms with Crippen LogP contribution in [0.5, 0.6) is 5.75 Å². The lowest BCUT2D eigenvalue weighted by molar-refractivity contribution is -0.134. The van der Waals surface area contributed by atoms with E-state index in [-0.39, 0.29) is 5.92 Å². The van der Waals surface area contributed by atoms with Gasteiger partial charge >= 0.3 is 0 Å². The van der Waals surface area contributed by atoms with Gasteiger partial charge in [0.05, 0.1) is 5.92 Å². The second kappa shape index (κ2) is 6.94. The van der Waals surface area contributed by atoms with Crippen LogP contribution in [0.4, 0.5) is 0 Å². The lowest BCUT2D eigenvalue weighted by Gasteiger charge is -2.20. The van der Waals surface area contributed by atoms with Gasteiger partial charge in [-0.25, -0.2) is 0 Å². The maximum absolute atomic E-state index is 12.4. The zero-order valence-electron chi connectivity index (χ0n) is 12.5. The average molecular weight is 288 g/mol. The van der Waals surface area contributed by atoms with Crippen molar-refractivity contribution in [3.05, 3.63) is 30.3 Å². The first kappa shape index (κ1) is 14.4. The quantitative estimate of drug-likeness (QED) is 0.831. The summed E-state index contributed by atoms with van der Waals surface area (Å²) >= 11 is 0. The summed E-state index contributed by atoms with van der Waals surface area (Å²) in [7, 11) is 0. The van der Waals surface area contributed by atoms with Crippen LogP contribution in [0, 0.1) is 5.92 Å². The van der Waals surface area contributed by atoms with E-state index >= 15 is 0 Å². The molecule has 0 saturated carbocycles. The van der Waals surface area contributed by atoms with Crippen LogP contribution in [0.2, 0.25) is 0 Å². The van der Waals surface area contributed by atoms with Gasteiger partial charge in [0.1, 0.15) is 12.4 Å². The van der Waals surface area contributed by atoms with Crippen molar-refractivity contribution in [3.8, 4) is 5.75 Å². The van der Waals surface area contributed by atoms with Crippen molar-refractivity contribution in [2.24, 2.45) is 5.92 Å². The van der Waals surface area contributed by atoms with Gasteiger partial charge in [0.15, 0.2) is 0 Å². The normalized spacial score (nSPS) is 22.7. The summed E-state index contributed by atoms with van der Waals surface area (Å²) in [4.78, 5) is 16.8. The molecule has 0 aromatic heterocycles. The predicted molar refractivity (Wildman–Crippen MR) is 82.3 cm³/mol. The number of ether oxygens (including phenoxy) is 1. The minimum atomic E-state index is 0.208. The molecule has 0 spiro atoms. The highest BCUT2D eigenvalue weighted by Gasteiger charge is 2.32. The smallest absolute Gasteiger partial charge is 0.227 e. The van der Waals surface area contributed by atoms with E-state index in [1.54, 1.807) is 0 Å². The van der Waals surface area contributed by atoms with Crippen molar-refractivity contribution in [3.63, 3.8) is 0 Å². The Morgan fingerprint density at radius 2 is 1.90 bits per heavy atom. The van der Waals surface area contributed by atoms with Gasteiger partial charge in [-0.15, -0.1) is 0 Å². The monoisotopic (exact) mass is 288 g/mol. The standard InChI is InChI=1S/C17H24N2O2/c20-17(19-9-4-5-10-19)15-8-11-18(14-15)12-13-21-16-6-2-1-3-7-16/h1-3,6-7,15H,4-5,8-14H2. The number of likely N-dealkylation sites (tertiary alicyclic amines) is 2. The van der Waals surface area contributed by atoms with Crippen molar-refractivity contribution in [2.45, 2.75) is 19.3 Å². The number of amides is 1. The first-order valence-electron chi connectivity index (χ1n) is 8.02. The fraction of sp³-hybridized carbons (Fsp3) is 0.588. The summed E-state index contributed by atoms with van der Waals surface area (Å²) in [5.41, 5.74) is 0. The average Bonchev–Trinajstić information content (AvgIpc) is 3.19. The first-order valence-corrected chi connectivity index (χ1v) is 8.02. The third kappa shape index (κ3) is 3.76. The molecule has 0 aliphatic carbocycles. The third-order valence-electron chi connectivity index (χ3n) is 4.46. The molecule has 0 bridgehead atoms. The van der Waals surface area contributed by atoms with E-state index in [2.05, 4.69) is 9.80 Å². The molecular formula is C17H24N2O2. The highest BCUT2D eigenvalue weighted by atomic mass is 16.5. The summed E-state index contributed by atoms with van der Waals surface area (Å²) in [6.45, 7) is 5.43. The van der Waals surface area contributed by atoms with Gasteiger partial charge in [-0.2, -0.15) is 0 Å². The predicted octanol–water partition coefficient (Wildman–Crippen LogP) is 2.01. The molecule has 1 aromatic carbocycles. The number of hydrogen-bond donors (Lipinski definition) is 0. The van der Waals surface area contributed by atoms with Crippen molar-refractivity contribution in [2.75, 3.05) is 39.3 Å². The maximum atomic E-state index is 12.4. The SMILES string of the molecule is O=C(C1CCN(CCOc2ccccc2)C1)N1CCCC1. The van der Waals surface area contributed by atoms with E-state index in [0.29, 0.717) is 12.5 Å². The van der Waals surface area contributed by atoms with Crippen LogP contribution in [-0.2, 0) is 4.79 Å². The molecule has 1 amide bonds. The summed E-state index contributed by atoms with van der Waals surface area (Å²) in [5, 5.41) is 0. The Kier molecular flexibility index (Phi) is 4.76. The summed E-state index contributed by atoms with van der Waals surface area (Å²) < 4.78 is 5.73. The number of rotatable bonds is 5. The molecule has 1 atom stereocenters. The van der Waals surface area contributed by atoms with Gasteiger partial charge in [-0.05, 0) is 37.9 Å². The van der Waals surface area contributed by atoms with Crippen molar-refractivity contribution < 1.29 is 9.53 Å². The van der Waals surface area contributed by atoms with Gasteiger partial charge in [0, 0.05) is 26.2 Å². The van der Waals surface area contributed by atoms with E-state index in [4.69, 9.17) is 4.74 Å². The van der Waals surface area contributed by atoms with Crippen LogP contribution in [0.25, 0.3) is 0 Å². The number of para-hydroxylation sites is 1. The molecule has 4 nitrogen and oxygen atoms in total. The first-order chi connectivity index (χ1) is 10.3. The lowest BCUT2D eigenvalue weighted by Crippen LogP contribution is -2.35. The van der Waals surface area contributed by atoms with E-state index in [1.165, 1.54) is 12.8 Å². The molecule has 0 radical (unpaired) electrons. The Hall–Kier alpha value is -1.55. The largest absolute Gasteiger partial charge is 0.492 e. The third-order valence-corrected chi connectivity index (χ3v) is 4.46. The van der Waals surface area contributed by atoms with E-state index in [0.717, 1.165) is 44.9 Å². The Bertz CT molecular complexity index is 457. The molecule has 1 aromatic rings. The molecule has 2 heterocycles. The molecule has 4 heteroatoms. The maximum Gasteiger partial charge on any atom is 0.227 e. The summed E-state index contributed by atoms with van der Waals surface area (Å²) in [6.07, 6.45) is 3.35. The Morgan fingerprint density at radius 3 is 2.67 bits per heavy atom. The van der Waals surface area contributed by atoms with Crippen LogP contribution >= 0.6 is 0 Å². The number of benzene rings is 1. The van der Waals surface area contributed by atoms with E-state index < -0.39 is 0 Å². The zero-order chi connectivity index (χ0) is 14.5. The van der Waals surface area contributed by atoms with Gasteiger partial charge in [-0.3, -0.25) is 9.69 Å². The number of hydrogen-bond acceptors (Lipinski definition) is 3. The molecule has 114 valence electrons. The molecule has 2 fully saturated rings. The van der Waals surface area contributed by atoms with Crippen LogP contribution in [0.15, 0.2) is 30.3 Å². The number of nitrogens with zero attached hydrogens (tertiary/aromatic N) is 2. The minimum absolute atomic E-state index is 0.208. The summed E-state index contributed by atoms with van der Waals surface area (Å²) in [5.74, 6) is 1.50. The van der Waals surface area contributed by atoms with Crippen molar-refractivity contribution in [1.82, 2.24) is 9.80 Å². The lowest BCUT2D eigenvalue weighted by atomic mass is 10.1. The zero-order valence-corrected chi connectivity index (χ0v) is 12.5. The fourth-order valence-electron chi connectivity index (χ4n) is 3.24. The van der Waals surface area contributed by atoms with Gasteiger partial charge in [-0.1, -0.05) is 18.2 Å². The number of carbonyl (C=O) groups excluding carboxylic acids is 1. The molecule has 21 heavy (non-hydrogen) atoms. The topological polar surface area (TPSA) is 32.8 Å². The number of carbonyl (C=O) groups is 1. The molecule has 2 saturated heterocycles. The highest BCUT2D eigenvalue weighted by Crippen LogP contribution is 2.21. The molecular weight excluding hydrogens is 264 g/mol. The van der Waals surface area contributed by atoms with Gasteiger partial charge < -0.3 is 9.64 Å². The van der Waals surface area contributed by atoms with Crippen LogP contribution in [-0.4, -0.2) is 55.0 Å². The minimum Gasteiger partial charge on any atom is -0.492 e. The van der Waals surface area contributed by atoms with Crippen LogP contribution in [0.3, 0.4) is 0 Å². The van der Waals surface area contributed by atoms with Crippen LogP contribution in [0.1, 0.15) is 19.3 Å². The Balaban J connectivity index is 1.39. The van der Waals surface area contributed by atoms with Crippen molar-refractivity contribution >= 4 is 5.91 Å².